The highest BCUT2D eigenvalue weighted by Gasteiger charge is 2.44. The lowest BCUT2D eigenvalue weighted by molar-refractivity contribution is -0.155. The molecule has 2 heterocycles. The van der Waals surface area contributed by atoms with E-state index in [1.807, 2.05) is 4.90 Å². The van der Waals surface area contributed by atoms with E-state index in [2.05, 4.69) is 6.92 Å². The fraction of sp³-hybridized carbons (Fsp3) is 0.933. The first-order valence-electron chi connectivity index (χ1n) is 7.84. The van der Waals surface area contributed by atoms with Gasteiger partial charge in [-0.3, -0.25) is 4.79 Å². The van der Waals surface area contributed by atoms with Gasteiger partial charge >= 0.3 is 0 Å². The zero-order valence-electron chi connectivity index (χ0n) is 12.3. The Balaban J connectivity index is 1.43. The molecule has 1 aliphatic carbocycles. The molecule has 0 unspecified atom stereocenters. The third kappa shape index (κ3) is 3.15. The van der Waals surface area contributed by atoms with Gasteiger partial charge in [0.1, 0.15) is 6.61 Å². The molecule has 0 aromatic rings. The maximum absolute atomic E-state index is 12.2. The zero-order valence-corrected chi connectivity index (χ0v) is 12.3. The lowest BCUT2D eigenvalue weighted by atomic mass is 9.89. The molecular weight excluding hydrogens is 258 g/mol. The molecule has 5 heteroatoms. The van der Waals surface area contributed by atoms with Crippen LogP contribution in [0.4, 0.5) is 0 Å². The van der Waals surface area contributed by atoms with E-state index in [1.54, 1.807) is 0 Å². The van der Waals surface area contributed by atoms with Crippen LogP contribution in [0, 0.1) is 5.92 Å². The summed E-state index contributed by atoms with van der Waals surface area (Å²) in [6, 6.07) is 0. The second-order valence-corrected chi connectivity index (χ2v) is 6.38. The van der Waals surface area contributed by atoms with Crippen molar-refractivity contribution in [1.82, 2.24) is 4.90 Å². The van der Waals surface area contributed by atoms with Gasteiger partial charge in [0.05, 0.1) is 25.9 Å². The molecule has 0 radical (unpaired) electrons. The SMILES string of the molecule is C[C@@H]1CCC[C@H](OCC(=O)N2CCC3(C2)OCCO3)C1. The van der Waals surface area contributed by atoms with E-state index in [-0.39, 0.29) is 18.6 Å². The minimum absolute atomic E-state index is 0.0687. The van der Waals surface area contributed by atoms with Gasteiger partial charge in [0, 0.05) is 13.0 Å². The zero-order chi connectivity index (χ0) is 14.0. The van der Waals surface area contributed by atoms with Crippen LogP contribution in [0.2, 0.25) is 0 Å². The summed E-state index contributed by atoms with van der Waals surface area (Å²) in [4.78, 5) is 14.0. The van der Waals surface area contributed by atoms with Crippen molar-refractivity contribution < 1.29 is 19.0 Å². The summed E-state index contributed by atoms with van der Waals surface area (Å²) in [7, 11) is 0. The highest BCUT2D eigenvalue weighted by Crippen LogP contribution is 2.30. The van der Waals surface area contributed by atoms with E-state index in [0.717, 1.165) is 25.2 Å². The summed E-state index contributed by atoms with van der Waals surface area (Å²) in [6.45, 7) is 5.00. The third-order valence-corrected chi connectivity index (χ3v) is 4.69. The van der Waals surface area contributed by atoms with E-state index in [4.69, 9.17) is 14.2 Å². The Morgan fingerprint density at radius 3 is 2.90 bits per heavy atom. The normalized spacial score (nSPS) is 33.0. The molecule has 0 aromatic carbocycles. The molecular formula is C15H25NO4. The lowest BCUT2D eigenvalue weighted by Crippen LogP contribution is -2.39. The molecule has 2 atom stereocenters. The first-order chi connectivity index (χ1) is 9.67. The van der Waals surface area contributed by atoms with Crippen LogP contribution < -0.4 is 0 Å². The summed E-state index contributed by atoms with van der Waals surface area (Å²) < 4.78 is 17.1. The van der Waals surface area contributed by atoms with Crippen molar-refractivity contribution in [2.45, 2.75) is 50.9 Å². The van der Waals surface area contributed by atoms with Gasteiger partial charge < -0.3 is 19.1 Å². The van der Waals surface area contributed by atoms with Crippen LogP contribution in [-0.2, 0) is 19.0 Å². The molecule has 1 spiro atoms. The smallest absolute Gasteiger partial charge is 0.248 e. The van der Waals surface area contributed by atoms with Gasteiger partial charge in [-0.2, -0.15) is 0 Å². The number of nitrogens with zero attached hydrogens (tertiary/aromatic N) is 1. The van der Waals surface area contributed by atoms with Crippen LogP contribution in [0.5, 0.6) is 0 Å². The van der Waals surface area contributed by atoms with Crippen LogP contribution in [0.25, 0.3) is 0 Å². The number of rotatable bonds is 3. The standard InChI is InChI=1S/C15H25NO4/c1-12-3-2-4-13(9-12)18-10-14(17)16-6-5-15(11-16)19-7-8-20-15/h12-13H,2-11H2,1H3/t12-,13+/m1/s1. The number of likely N-dealkylation sites (tertiary alicyclic amines) is 1. The van der Waals surface area contributed by atoms with Gasteiger partial charge in [0.25, 0.3) is 0 Å². The molecule has 5 nitrogen and oxygen atoms in total. The topological polar surface area (TPSA) is 48.0 Å². The minimum atomic E-state index is -0.519. The monoisotopic (exact) mass is 283 g/mol. The van der Waals surface area contributed by atoms with Crippen molar-refractivity contribution in [3.8, 4) is 0 Å². The van der Waals surface area contributed by atoms with E-state index in [0.29, 0.717) is 26.3 Å². The van der Waals surface area contributed by atoms with Crippen LogP contribution in [0.15, 0.2) is 0 Å². The first-order valence-corrected chi connectivity index (χ1v) is 7.84. The van der Waals surface area contributed by atoms with Crippen LogP contribution in [-0.4, -0.2) is 55.6 Å². The second-order valence-electron chi connectivity index (χ2n) is 6.38. The van der Waals surface area contributed by atoms with E-state index < -0.39 is 5.79 Å². The molecule has 3 aliphatic rings. The predicted octanol–water partition coefficient (Wildman–Crippen LogP) is 1.56. The van der Waals surface area contributed by atoms with Crippen LogP contribution in [0.1, 0.15) is 39.0 Å². The highest BCUT2D eigenvalue weighted by molar-refractivity contribution is 5.77. The van der Waals surface area contributed by atoms with Crippen molar-refractivity contribution in [3.63, 3.8) is 0 Å². The van der Waals surface area contributed by atoms with E-state index in [1.165, 1.54) is 12.8 Å². The van der Waals surface area contributed by atoms with Crippen LogP contribution >= 0.6 is 0 Å². The van der Waals surface area contributed by atoms with Crippen molar-refractivity contribution in [3.05, 3.63) is 0 Å². The van der Waals surface area contributed by atoms with Crippen molar-refractivity contribution >= 4 is 5.91 Å². The Kier molecular flexibility index (Phi) is 4.29. The van der Waals surface area contributed by atoms with E-state index in [9.17, 15) is 4.79 Å². The van der Waals surface area contributed by atoms with Crippen molar-refractivity contribution in [1.29, 1.82) is 0 Å². The first kappa shape index (κ1) is 14.3. The van der Waals surface area contributed by atoms with E-state index >= 15 is 0 Å². The second kappa shape index (κ2) is 6.00. The Morgan fingerprint density at radius 2 is 2.15 bits per heavy atom. The van der Waals surface area contributed by atoms with Gasteiger partial charge in [-0.05, 0) is 18.8 Å². The van der Waals surface area contributed by atoms with Crippen molar-refractivity contribution in [2.75, 3.05) is 32.9 Å². The minimum Gasteiger partial charge on any atom is -0.368 e. The molecule has 0 aromatic heterocycles. The summed E-state index contributed by atoms with van der Waals surface area (Å²) in [5.74, 6) is 0.271. The summed E-state index contributed by atoms with van der Waals surface area (Å²) >= 11 is 0. The Labute approximate surface area is 120 Å². The maximum atomic E-state index is 12.2. The molecule has 2 aliphatic heterocycles. The third-order valence-electron chi connectivity index (χ3n) is 4.69. The van der Waals surface area contributed by atoms with Gasteiger partial charge in [-0.15, -0.1) is 0 Å². The average Bonchev–Trinajstić information content (AvgIpc) is 3.07. The predicted molar refractivity (Wildman–Crippen MR) is 73.2 cm³/mol. The molecule has 1 amide bonds. The molecule has 0 bridgehead atoms. The van der Waals surface area contributed by atoms with Crippen molar-refractivity contribution in [2.24, 2.45) is 5.92 Å². The molecule has 2 saturated heterocycles. The number of carbonyl (C=O) groups excluding carboxylic acids is 1. The molecule has 0 N–H and O–H groups in total. The maximum Gasteiger partial charge on any atom is 0.248 e. The highest BCUT2D eigenvalue weighted by atomic mass is 16.7. The average molecular weight is 283 g/mol. The van der Waals surface area contributed by atoms with Gasteiger partial charge in [-0.25, -0.2) is 0 Å². The Hall–Kier alpha value is -0.650. The molecule has 20 heavy (non-hydrogen) atoms. The Bertz CT molecular complexity index is 354. The fourth-order valence-corrected chi connectivity index (χ4v) is 3.51. The van der Waals surface area contributed by atoms with Gasteiger partial charge in [0.2, 0.25) is 5.91 Å². The quantitative estimate of drug-likeness (QED) is 0.788. The summed E-state index contributed by atoms with van der Waals surface area (Å²) in [5, 5.41) is 0. The molecule has 3 rings (SSSR count). The van der Waals surface area contributed by atoms with Gasteiger partial charge in [0.15, 0.2) is 5.79 Å². The molecule has 1 saturated carbocycles. The summed E-state index contributed by atoms with van der Waals surface area (Å²) in [5.41, 5.74) is 0. The number of ether oxygens (including phenoxy) is 3. The van der Waals surface area contributed by atoms with Crippen LogP contribution in [0.3, 0.4) is 0 Å². The molecule has 3 fully saturated rings. The largest absolute Gasteiger partial charge is 0.368 e. The number of carbonyl (C=O) groups is 1. The Morgan fingerprint density at radius 1 is 1.35 bits per heavy atom. The number of hydrogen-bond acceptors (Lipinski definition) is 4. The lowest BCUT2D eigenvalue weighted by Gasteiger charge is -2.27. The fourth-order valence-electron chi connectivity index (χ4n) is 3.51. The van der Waals surface area contributed by atoms with Gasteiger partial charge in [-0.1, -0.05) is 19.8 Å². The molecule has 114 valence electrons. The number of amides is 1. The number of hydrogen-bond donors (Lipinski definition) is 0. The summed E-state index contributed by atoms with van der Waals surface area (Å²) in [6.07, 6.45) is 5.72.